The summed E-state index contributed by atoms with van der Waals surface area (Å²) in [7, 11) is 0. The summed E-state index contributed by atoms with van der Waals surface area (Å²) in [6, 6.07) is 7.97. The molecule has 0 saturated heterocycles. The van der Waals surface area contributed by atoms with Gasteiger partial charge in [0.2, 0.25) is 0 Å². The summed E-state index contributed by atoms with van der Waals surface area (Å²) in [5.41, 5.74) is 1.54. The van der Waals surface area contributed by atoms with Crippen molar-refractivity contribution >= 4 is 17.3 Å². The Labute approximate surface area is 109 Å². The number of pyridine rings is 1. The molecule has 2 N–H and O–H groups in total. The molecule has 0 aliphatic carbocycles. The Kier molecular flexibility index (Phi) is 3.67. The third kappa shape index (κ3) is 2.71. The first-order valence-corrected chi connectivity index (χ1v) is 5.79. The van der Waals surface area contributed by atoms with Gasteiger partial charge in [-0.25, -0.2) is 4.39 Å². The molecule has 18 heavy (non-hydrogen) atoms. The van der Waals surface area contributed by atoms with Gasteiger partial charge < -0.3 is 10.4 Å². The van der Waals surface area contributed by atoms with Crippen LogP contribution in [0.3, 0.4) is 0 Å². The molecule has 2 aromatic rings. The van der Waals surface area contributed by atoms with Gasteiger partial charge in [0.05, 0.1) is 17.3 Å². The maximum Gasteiger partial charge on any atom is 0.164 e. The van der Waals surface area contributed by atoms with Crippen LogP contribution in [-0.2, 0) is 6.54 Å². The summed E-state index contributed by atoms with van der Waals surface area (Å²) < 4.78 is 13.6. The summed E-state index contributed by atoms with van der Waals surface area (Å²) in [6.45, 7) is 2.05. The topological polar surface area (TPSA) is 45.1 Å². The molecule has 0 atom stereocenters. The van der Waals surface area contributed by atoms with E-state index >= 15 is 0 Å². The predicted molar refractivity (Wildman–Crippen MR) is 69.4 cm³/mol. The smallest absolute Gasteiger partial charge is 0.164 e. The van der Waals surface area contributed by atoms with Crippen molar-refractivity contribution in [3.8, 4) is 5.75 Å². The second-order valence-corrected chi connectivity index (χ2v) is 4.28. The minimum absolute atomic E-state index is 0.0569. The third-order valence-corrected chi connectivity index (χ3v) is 2.78. The van der Waals surface area contributed by atoms with Crippen molar-refractivity contribution in [2.75, 3.05) is 5.32 Å². The van der Waals surface area contributed by atoms with Gasteiger partial charge in [0.15, 0.2) is 5.82 Å². The highest BCUT2D eigenvalue weighted by atomic mass is 35.5. The number of aromatic hydroxyl groups is 1. The largest absolute Gasteiger partial charge is 0.506 e. The van der Waals surface area contributed by atoms with Crippen LogP contribution in [0.5, 0.6) is 5.75 Å². The Morgan fingerprint density at radius 1 is 1.33 bits per heavy atom. The molecule has 0 fully saturated rings. The summed E-state index contributed by atoms with van der Waals surface area (Å²) in [5, 5.41) is 12.5. The van der Waals surface area contributed by atoms with Crippen LogP contribution in [0, 0.1) is 12.7 Å². The Hall–Kier alpha value is -1.81. The molecule has 1 aromatic heterocycles. The van der Waals surface area contributed by atoms with Crippen LogP contribution in [0.1, 0.15) is 11.4 Å². The van der Waals surface area contributed by atoms with Crippen LogP contribution in [0.2, 0.25) is 5.02 Å². The third-order valence-electron chi connectivity index (χ3n) is 2.49. The van der Waals surface area contributed by atoms with Crippen molar-refractivity contribution in [1.29, 1.82) is 0 Å². The number of benzene rings is 1. The maximum absolute atomic E-state index is 13.6. The molecule has 0 bridgehead atoms. The predicted octanol–water partition coefficient (Wildman–Crippen LogP) is 3.50. The summed E-state index contributed by atoms with van der Waals surface area (Å²) in [5.74, 6) is -0.429. The van der Waals surface area contributed by atoms with Crippen LogP contribution in [0.4, 0.5) is 10.1 Å². The molecule has 0 amide bonds. The first-order chi connectivity index (χ1) is 8.58. The number of anilines is 1. The van der Waals surface area contributed by atoms with Gasteiger partial charge >= 0.3 is 0 Å². The molecule has 0 unspecified atom stereocenters. The van der Waals surface area contributed by atoms with Gasteiger partial charge in [-0.1, -0.05) is 17.7 Å². The molecule has 3 nitrogen and oxygen atoms in total. The number of halogens is 2. The summed E-state index contributed by atoms with van der Waals surface area (Å²) in [4.78, 5) is 4.17. The molecule has 0 aliphatic heterocycles. The van der Waals surface area contributed by atoms with E-state index in [1.54, 1.807) is 24.3 Å². The average molecular weight is 267 g/mol. The van der Waals surface area contributed by atoms with E-state index in [1.807, 2.05) is 6.92 Å². The molecule has 0 aliphatic rings. The highest BCUT2D eigenvalue weighted by Crippen LogP contribution is 2.23. The number of aromatic nitrogens is 1. The monoisotopic (exact) mass is 266 g/mol. The quantitative estimate of drug-likeness (QED) is 0.894. The van der Waals surface area contributed by atoms with Gasteiger partial charge in [-0.15, -0.1) is 0 Å². The Balaban J connectivity index is 2.16. The van der Waals surface area contributed by atoms with Crippen molar-refractivity contribution in [1.82, 2.24) is 4.98 Å². The fraction of sp³-hybridized carbons (Fsp3) is 0.154. The highest BCUT2D eigenvalue weighted by molar-refractivity contribution is 6.31. The van der Waals surface area contributed by atoms with Crippen LogP contribution in [0.25, 0.3) is 0 Å². The second-order valence-electron chi connectivity index (χ2n) is 3.87. The molecule has 1 aromatic carbocycles. The average Bonchev–Trinajstić information content (AvgIpc) is 2.35. The minimum atomic E-state index is -0.508. The zero-order valence-corrected chi connectivity index (χ0v) is 10.5. The molecule has 0 spiro atoms. The first kappa shape index (κ1) is 12.6. The van der Waals surface area contributed by atoms with E-state index in [0.717, 1.165) is 5.69 Å². The van der Waals surface area contributed by atoms with E-state index < -0.39 is 5.82 Å². The second kappa shape index (κ2) is 5.23. The van der Waals surface area contributed by atoms with E-state index in [2.05, 4.69) is 10.3 Å². The molecule has 5 heteroatoms. The lowest BCUT2D eigenvalue weighted by Gasteiger charge is -2.09. The standard InChI is InChI=1S/C13H12ClFN2O/c1-8-5-6-12(18)11(17-8)7-16-10-4-2-3-9(14)13(10)15/h2-6,16,18H,7H2,1H3. The van der Waals surface area contributed by atoms with E-state index in [4.69, 9.17) is 11.6 Å². The summed E-state index contributed by atoms with van der Waals surface area (Å²) >= 11 is 5.67. The van der Waals surface area contributed by atoms with E-state index in [0.29, 0.717) is 5.69 Å². The molecule has 0 saturated carbocycles. The number of aryl methyl sites for hydroxylation is 1. The van der Waals surface area contributed by atoms with Crippen molar-refractivity contribution < 1.29 is 9.50 Å². The molecule has 2 rings (SSSR count). The van der Waals surface area contributed by atoms with Gasteiger partial charge in [-0.2, -0.15) is 0 Å². The van der Waals surface area contributed by atoms with E-state index in [-0.39, 0.29) is 23.0 Å². The van der Waals surface area contributed by atoms with Crippen LogP contribution < -0.4 is 5.32 Å². The van der Waals surface area contributed by atoms with Gasteiger partial charge in [-0.3, -0.25) is 4.98 Å². The van der Waals surface area contributed by atoms with Crippen LogP contribution in [0.15, 0.2) is 30.3 Å². The molecular formula is C13H12ClFN2O. The number of rotatable bonds is 3. The first-order valence-electron chi connectivity index (χ1n) is 5.41. The molecular weight excluding hydrogens is 255 g/mol. The van der Waals surface area contributed by atoms with Gasteiger partial charge in [0.25, 0.3) is 0 Å². The fourth-order valence-corrected chi connectivity index (χ4v) is 1.73. The van der Waals surface area contributed by atoms with Gasteiger partial charge in [-0.05, 0) is 31.2 Å². The number of nitrogens with one attached hydrogen (secondary N) is 1. The molecule has 1 heterocycles. The zero-order chi connectivity index (χ0) is 13.1. The minimum Gasteiger partial charge on any atom is -0.506 e. The van der Waals surface area contributed by atoms with Crippen molar-refractivity contribution in [3.63, 3.8) is 0 Å². The van der Waals surface area contributed by atoms with E-state index in [1.165, 1.54) is 6.07 Å². The Morgan fingerprint density at radius 2 is 2.11 bits per heavy atom. The highest BCUT2D eigenvalue weighted by Gasteiger charge is 2.08. The molecule has 0 radical (unpaired) electrons. The Morgan fingerprint density at radius 3 is 2.89 bits per heavy atom. The van der Waals surface area contributed by atoms with Crippen LogP contribution in [-0.4, -0.2) is 10.1 Å². The SMILES string of the molecule is Cc1ccc(O)c(CNc2cccc(Cl)c2F)n1. The van der Waals surface area contributed by atoms with Crippen molar-refractivity contribution in [3.05, 3.63) is 52.6 Å². The fourth-order valence-electron chi connectivity index (χ4n) is 1.55. The van der Waals surface area contributed by atoms with Gasteiger partial charge in [0.1, 0.15) is 11.4 Å². The number of nitrogens with zero attached hydrogens (tertiary/aromatic N) is 1. The Bertz CT molecular complexity index is 573. The van der Waals surface area contributed by atoms with Crippen molar-refractivity contribution in [2.45, 2.75) is 13.5 Å². The number of hydrogen-bond donors (Lipinski definition) is 2. The maximum atomic E-state index is 13.6. The lowest BCUT2D eigenvalue weighted by molar-refractivity contribution is 0.464. The lowest BCUT2D eigenvalue weighted by atomic mass is 10.2. The van der Waals surface area contributed by atoms with Gasteiger partial charge in [0, 0.05) is 5.69 Å². The van der Waals surface area contributed by atoms with E-state index in [9.17, 15) is 9.50 Å². The summed E-state index contributed by atoms with van der Waals surface area (Å²) in [6.07, 6.45) is 0. The lowest BCUT2D eigenvalue weighted by Crippen LogP contribution is -2.04. The number of hydrogen-bond acceptors (Lipinski definition) is 3. The van der Waals surface area contributed by atoms with Crippen LogP contribution >= 0.6 is 11.6 Å². The molecule has 94 valence electrons. The van der Waals surface area contributed by atoms with Crippen molar-refractivity contribution in [2.24, 2.45) is 0 Å². The normalized spacial score (nSPS) is 10.4. The zero-order valence-electron chi connectivity index (χ0n) is 9.74.